The number of hydrogen-bond donors (Lipinski definition) is 1. The van der Waals surface area contributed by atoms with Crippen molar-refractivity contribution in [2.24, 2.45) is 0 Å². The Labute approximate surface area is 130 Å². The van der Waals surface area contributed by atoms with Gasteiger partial charge in [0.2, 0.25) is 5.82 Å². The highest BCUT2D eigenvalue weighted by Crippen LogP contribution is 2.36. The highest BCUT2D eigenvalue weighted by Gasteiger charge is 2.32. The Morgan fingerprint density at radius 2 is 1.86 bits per heavy atom. The number of nitrogens with one attached hydrogen (secondary N) is 1. The number of H-pyrrole nitrogens is 1. The predicted molar refractivity (Wildman–Crippen MR) is 70.5 cm³/mol. The molecule has 22 heavy (non-hydrogen) atoms. The van der Waals surface area contributed by atoms with Gasteiger partial charge in [0.15, 0.2) is 0 Å². The molecule has 0 unspecified atom stereocenters. The third kappa shape index (κ3) is 2.95. The summed E-state index contributed by atoms with van der Waals surface area (Å²) in [5, 5.41) is 2.68. The van der Waals surface area contributed by atoms with Crippen molar-refractivity contribution in [3.05, 3.63) is 44.1 Å². The molecule has 118 valence electrons. The Hall–Kier alpha value is -2.00. The molecule has 6 nitrogen and oxygen atoms in total. The number of aromatic nitrogens is 3. The summed E-state index contributed by atoms with van der Waals surface area (Å²) >= 11 is 11.5. The van der Waals surface area contributed by atoms with Gasteiger partial charge in [-0.1, -0.05) is 23.2 Å². The van der Waals surface area contributed by atoms with Gasteiger partial charge in [-0.2, -0.15) is 17.9 Å². The Kier molecular flexibility index (Phi) is 4.21. The van der Waals surface area contributed by atoms with Gasteiger partial charge in [-0.25, -0.2) is 9.59 Å². The molecule has 1 aromatic heterocycles. The Morgan fingerprint density at radius 3 is 2.32 bits per heavy atom. The molecule has 0 spiro atoms. The zero-order chi connectivity index (χ0) is 16.7. The minimum Gasteiger partial charge on any atom is -0.463 e. The second-order valence-electron chi connectivity index (χ2n) is 3.97. The van der Waals surface area contributed by atoms with Crippen molar-refractivity contribution >= 4 is 29.2 Å². The summed E-state index contributed by atoms with van der Waals surface area (Å²) in [7, 11) is 1.07. The van der Waals surface area contributed by atoms with Gasteiger partial charge in [0.25, 0.3) is 0 Å². The maximum absolute atomic E-state index is 12.6. The fourth-order valence-electron chi connectivity index (χ4n) is 1.60. The Balaban J connectivity index is 2.62. The maximum Gasteiger partial charge on any atom is 0.416 e. The smallest absolute Gasteiger partial charge is 0.416 e. The van der Waals surface area contributed by atoms with Crippen molar-refractivity contribution in [3.63, 3.8) is 0 Å². The summed E-state index contributed by atoms with van der Waals surface area (Å²) in [6.45, 7) is 0. The molecule has 0 saturated heterocycles. The lowest BCUT2D eigenvalue weighted by molar-refractivity contribution is -0.137. The highest BCUT2D eigenvalue weighted by atomic mass is 35.5. The summed E-state index contributed by atoms with van der Waals surface area (Å²) in [4.78, 5) is 25.1. The average Bonchev–Trinajstić information content (AvgIpc) is 2.78. The monoisotopic (exact) mass is 355 g/mol. The molecule has 1 N–H and O–H groups in total. The summed E-state index contributed by atoms with van der Waals surface area (Å²) in [5.41, 5.74) is -2.28. The normalized spacial score (nSPS) is 11.5. The van der Waals surface area contributed by atoms with Gasteiger partial charge >= 0.3 is 17.8 Å². The lowest BCUT2D eigenvalue weighted by Crippen LogP contribution is -2.17. The van der Waals surface area contributed by atoms with E-state index in [4.69, 9.17) is 23.2 Å². The highest BCUT2D eigenvalue weighted by molar-refractivity contribution is 6.37. The van der Waals surface area contributed by atoms with E-state index in [-0.39, 0.29) is 5.69 Å². The lowest BCUT2D eigenvalue weighted by atomic mass is 10.2. The topological polar surface area (TPSA) is 77.0 Å². The SMILES string of the molecule is COC(=O)c1nn(-c2c(Cl)cc(C(F)(F)F)cc2Cl)c(=O)[nH]1. The van der Waals surface area contributed by atoms with Crippen LogP contribution in [0.1, 0.15) is 16.2 Å². The van der Waals surface area contributed by atoms with E-state index < -0.39 is 39.3 Å². The summed E-state index contributed by atoms with van der Waals surface area (Å²) in [6, 6.07) is 1.20. The van der Waals surface area contributed by atoms with E-state index >= 15 is 0 Å². The molecule has 2 aromatic rings. The van der Waals surface area contributed by atoms with E-state index in [1.54, 1.807) is 0 Å². The average molecular weight is 356 g/mol. The van der Waals surface area contributed by atoms with Crippen molar-refractivity contribution in [3.8, 4) is 5.69 Å². The van der Waals surface area contributed by atoms with E-state index in [1.165, 1.54) is 0 Å². The molecule has 0 bridgehead atoms. The van der Waals surface area contributed by atoms with Crippen molar-refractivity contribution in [2.75, 3.05) is 7.11 Å². The fraction of sp³-hybridized carbons (Fsp3) is 0.182. The second-order valence-corrected chi connectivity index (χ2v) is 4.78. The van der Waals surface area contributed by atoms with Crippen LogP contribution in [-0.2, 0) is 10.9 Å². The van der Waals surface area contributed by atoms with Gasteiger partial charge in [0.1, 0.15) is 5.69 Å². The quantitative estimate of drug-likeness (QED) is 0.840. The van der Waals surface area contributed by atoms with E-state index in [0.717, 1.165) is 7.11 Å². The standard InChI is InChI=1S/C11H6Cl2F3N3O3/c1-22-9(20)8-17-10(21)19(18-8)7-5(12)2-4(3-6(7)13)11(14,15)16/h2-3H,1H3,(H,17,18,21). The van der Waals surface area contributed by atoms with Gasteiger partial charge in [-0.15, -0.1) is 5.10 Å². The van der Waals surface area contributed by atoms with Crippen molar-refractivity contribution in [1.82, 2.24) is 14.8 Å². The van der Waals surface area contributed by atoms with Crippen LogP contribution >= 0.6 is 23.2 Å². The predicted octanol–water partition coefficient (Wildman–Crippen LogP) is 2.67. The summed E-state index contributed by atoms with van der Waals surface area (Å²) < 4.78 is 42.9. The fourth-order valence-corrected chi connectivity index (χ4v) is 2.24. The molecule has 0 fully saturated rings. The number of aromatic amines is 1. The maximum atomic E-state index is 12.6. The van der Waals surface area contributed by atoms with Gasteiger partial charge in [-0.3, -0.25) is 4.98 Å². The third-order valence-electron chi connectivity index (χ3n) is 2.55. The van der Waals surface area contributed by atoms with E-state index in [9.17, 15) is 22.8 Å². The molecule has 2 rings (SSSR count). The first-order valence-corrected chi connectivity index (χ1v) is 6.25. The molecule has 11 heteroatoms. The zero-order valence-corrected chi connectivity index (χ0v) is 12.2. The van der Waals surface area contributed by atoms with Gasteiger partial charge in [0.05, 0.1) is 22.7 Å². The second kappa shape index (κ2) is 5.65. The minimum atomic E-state index is -4.65. The van der Waals surface area contributed by atoms with Crippen LogP contribution in [0.25, 0.3) is 5.69 Å². The number of nitrogens with zero attached hydrogens (tertiary/aromatic N) is 2. The molecule has 0 aliphatic heterocycles. The van der Waals surface area contributed by atoms with Crippen LogP contribution in [0.2, 0.25) is 10.0 Å². The van der Waals surface area contributed by atoms with Crippen molar-refractivity contribution in [1.29, 1.82) is 0 Å². The first kappa shape index (κ1) is 16.4. The largest absolute Gasteiger partial charge is 0.463 e. The number of methoxy groups -OCH3 is 1. The molecular formula is C11H6Cl2F3N3O3. The van der Waals surface area contributed by atoms with Crippen molar-refractivity contribution in [2.45, 2.75) is 6.18 Å². The first-order valence-electron chi connectivity index (χ1n) is 5.49. The number of alkyl halides is 3. The van der Waals surface area contributed by atoms with E-state index in [1.807, 2.05) is 0 Å². The van der Waals surface area contributed by atoms with Crippen LogP contribution in [0, 0.1) is 0 Å². The molecule has 1 heterocycles. The van der Waals surface area contributed by atoms with Crippen LogP contribution in [0.3, 0.4) is 0 Å². The summed E-state index contributed by atoms with van der Waals surface area (Å²) in [6.07, 6.45) is -4.65. The van der Waals surface area contributed by atoms with E-state index in [2.05, 4.69) is 14.8 Å². The Bertz CT molecular complexity index is 775. The van der Waals surface area contributed by atoms with Crippen molar-refractivity contribution < 1.29 is 22.7 Å². The summed E-state index contributed by atoms with van der Waals surface area (Å²) in [5.74, 6) is -1.38. The Morgan fingerprint density at radius 1 is 1.32 bits per heavy atom. The molecule has 0 aliphatic carbocycles. The number of halogens is 5. The number of carbonyl (C=O) groups excluding carboxylic acids is 1. The van der Waals surface area contributed by atoms with Crippen LogP contribution in [0.5, 0.6) is 0 Å². The molecule has 0 saturated carbocycles. The molecule has 0 radical (unpaired) electrons. The molecular weight excluding hydrogens is 350 g/mol. The first-order chi connectivity index (χ1) is 10.1. The number of carbonyl (C=O) groups is 1. The minimum absolute atomic E-state index is 0.285. The number of benzene rings is 1. The number of hydrogen-bond acceptors (Lipinski definition) is 4. The van der Waals surface area contributed by atoms with E-state index in [0.29, 0.717) is 16.8 Å². The molecule has 0 aliphatic rings. The zero-order valence-electron chi connectivity index (χ0n) is 10.7. The van der Waals surface area contributed by atoms with Gasteiger partial charge in [-0.05, 0) is 12.1 Å². The lowest BCUT2D eigenvalue weighted by Gasteiger charge is -2.11. The molecule has 1 aromatic carbocycles. The number of esters is 1. The number of rotatable bonds is 2. The van der Waals surface area contributed by atoms with Crippen LogP contribution in [0.4, 0.5) is 13.2 Å². The molecule has 0 amide bonds. The number of ether oxygens (including phenoxy) is 1. The molecule has 0 atom stereocenters. The van der Waals surface area contributed by atoms with Crippen LogP contribution in [0.15, 0.2) is 16.9 Å². The van der Waals surface area contributed by atoms with Crippen LogP contribution < -0.4 is 5.69 Å². The van der Waals surface area contributed by atoms with Gasteiger partial charge < -0.3 is 4.74 Å². The third-order valence-corrected chi connectivity index (χ3v) is 3.13. The van der Waals surface area contributed by atoms with Gasteiger partial charge in [0, 0.05) is 0 Å². The van der Waals surface area contributed by atoms with Crippen LogP contribution in [-0.4, -0.2) is 27.8 Å².